The van der Waals surface area contributed by atoms with Gasteiger partial charge in [0.25, 0.3) is 0 Å². The van der Waals surface area contributed by atoms with Crippen LogP contribution in [0.3, 0.4) is 0 Å². The smallest absolute Gasteiger partial charge is 0.134 e. The predicted molar refractivity (Wildman–Crippen MR) is 85.0 cm³/mol. The summed E-state index contributed by atoms with van der Waals surface area (Å²) in [5, 5.41) is 5.46. The maximum Gasteiger partial charge on any atom is 0.134 e. The molecule has 1 aromatic carbocycles. The fourth-order valence-corrected chi connectivity index (χ4v) is 3.14. The summed E-state index contributed by atoms with van der Waals surface area (Å²) in [6.45, 7) is 0.709. The van der Waals surface area contributed by atoms with Gasteiger partial charge in [-0.3, -0.25) is 0 Å². The highest BCUT2D eigenvalue weighted by atomic mass is 35.5. The number of hydrogen-bond acceptors (Lipinski definition) is 4. The monoisotopic (exact) mass is 304 g/mol. The highest BCUT2D eigenvalue weighted by molar-refractivity contribution is 7.16. The van der Waals surface area contributed by atoms with Gasteiger partial charge in [0, 0.05) is 21.8 Å². The molecule has 0 aliphatic rings. The lowest BCUT2D eigenvalue weighted by Crippen LogP contribution is -2.00. The summed E-state index contributed by atoms with van der Waals surface area (Å²) in [6, 6.07) is 11.8. The van der Waals surface area contributed by atoms with E-state index in [-0.39, 0.29) is 0 Å². The third-order valence-electron chi connectivity index (χ3n) is 3.04. The average molecular weight is 305 g/mol. The van der Waals surface area contributed by atoms with Crippen molar-refractivity contribution in [2.75, 3.05) is 12.4 Å². The van der Waals surface area contributed by atoms with Crippen LogP contribution in [0.5, 0.6) is 5.75 Å². The van der Waals surface area contributed by atoms with Crippen molar-refractivity contribution < 1.29 is 4.74 Å². The Labute approximate surface area is 126 Å². The van der Waals surface area contributed by atoms with Gasteiger partial charge in [-0.25, -0.2) is 4.98 Å². The molecule has 2 aromatic heterocycles. The molecule has 20 heavy (non-hydrogen) atoms. The molecular weight excluding hydrogens is 292 g/mol. The fourth-order valence-electron chi connectivity index (χ4n) is 2.11. The number of nitrogens with one attached hydrogen (secondary N) is 1. The summed E-state index contributed by atoms with van der Waals surface area (Å²) >= 11 is 7.51. The lowest BCUT2D eigenvalue weighted by molar-refractivity contribution is 0.420. The lowest BCUT2D eigenvalue weighted by Gasteiger charge is -2.10. The Morgan fingerprint density at radius 2 is 2.10 bits per heavy atom. The molecule has 3 nitrogen and oxygen atoms in total. The van der Waals surface area contributed by atoms with Crippen LogP contribution in [0, 0.1) is 0 Å². The highest BCUT2D eigenvalue weighted by Gasteiger charge is 2.06. The zero-order valence-electron chi connectivity index (χ0n) is 10.9. The van der Waals surface area contributed by atoms with Gasteiger partial charge in [-0.05, 0) is 24.3 Å². The Morgan fingerprint density at radius 3 is 2.85 bits per heavy atom. The number of thiophene rings is 1. The van der Waals surface area contributed by atoms with Crippen LogP contribution in [0.4, 0.5) is 5.82 Å². The maximum absolute atomic E-state index is 5.94. The largest absolute Gasteiger partial charge is 0.496 e. The zero-order chi connectivity index (χ0) is 13.9. The molecule has 2 heterocycles. The van der Waals surface area contributed by atoms with Gasteiger partial charge in [0.1, 0.15) is 11.6 Å². The Bertz CT molecular complexity index is 742. The number of rotatable bonds is 4. The van der Waals surface area contributed by atoms with Crippen LogP contribution in [0.15, 0.2) is 42.6 Å². The molecular formula is C15H13ClN2OS. The highest BCUT2D eigenvalue weighted by Crippen LogP contribution is 2.29. The number of hydrogen-bond donors (Lipinski definition) is 1. The third kappa shape index (κ3) is 2.57. The summed E-state index contributed by atoms with van der Waals surface area (Å²) in [4.78, 5) is 5.59. The number of aromatic nitrogens is 1. The zero-order valence-corrected chi connectivity index (χ0v) is 12.5. The van der Waals surface area contributed by atoms with Crippen molar-refractivity contribution in [3.05, 3.63) is 51.8 Å². The molecule has 0 fully saturated rings. The first kappa shape index (κ1) is 13.2. The third-order valence-corrected chi connectivity index (χ3v) is 4.28. The molecule has 0 bridgehead atoms. The lowest BCUT2D eigenvalue weighted by atomic mass is 10.1. The first-order valence-electron chi connectivity index (χ1n) is 6.18. The number of nitrogens with zero attached hydrogens (tertiary/aromatic N) is 1. The van der Waals surface area contributed by atoms with Crippen LogP contribution in [-0.2, 0) is 6.54 Å². The number of pyridine rings is 1. The van der Waals surface area contributed by atoms with Crippen molar-refractivity contribution in [2.45, 2.75) is 6.54 Å². The molecule has 1 N–H and O–H groups in total. The minimum absolute atomic E-state index is 0.709. The van der Waals surface area contributed by atoms with Crippen LogP contribution in [0.25, 0.3) is 10.8 Å². The van der Waals surface area contributed by atoms with E-state index in [0.717, 1.165) is 26.7 Å². The minimum atomic E-state index is 0.709. The molecule has 0 spiro atoms. The summed E-state index contributed by atoms with van der Waals surface area (Å²) in [5.74, 6) is 1.71. The number of anilines is 1. The quantitative estimate of drug-likeness (QED) is 0.766. The first-order chi connectivity index (χ1) is 9.78. The molecule has 0 amide bonds. The van der Waals surface area contributed by atoms with Crippen LogP contribution in [0.2, 0.25) is 4.34 Å². The molecule has 0 saturated heterocycles. The second-order valence-electron chi connectivity index (χ2n) is 4.27. The van der Waals surface area contributed by atoms with Gasteiger partial charge in [0.15, 0.2) is 0 Å². The van der Waals surface area contributed by atoms with Gasteiger partial charge in [-0.1, -0.05) is 23.7 Å². The van der Waals surface area contributed by atoms with Crippen LogP contribution in [-0.4, -0.2) is 12.1 Å². The van der Waals surface area contributed by atoms with Crippen molar-refractivity contribution in [3.8, 4) is 5.75 Å². The van der Waals surface area contributed by atoms with Crippen LogP contribution in [0.1, 0.15) is 4.88 Å². The molecule has 102 valence electrons. The molecule has 3 aromatic rings. The van der Waals surface area contributed by atoms with Gasteiger partial charge < -0.3 is 10.1 Å². The normalized spacial score (nSPS) is 10.7. The number of methoxy groups -OCH3 is 1. The summed E-state index contributed by atoms with van der Waals surface area (Å²) in [6.07, 6.45) is 1.79. The van der Waals surface area contributed by atoms with Crippen molar-refractivity contribution in [1.29, 1.82) is 0 Å². The Hall–Kier alpha value is -1.78. The van der Waals surface area contributed by atoms with E-state index in [2.05, 4.69) is 10.3 Å². The topological polar surface area (TPSA) is 34.1 Å². The molecule has 0 atom stereocenters. The van der Waals surface area contributed by atoms with Gasteiger partial charge in [0.2, 0.25) is 0 Å². The van der Waals surface area contributed by atoms with E-state index < -0.39 is 0 Å². The number of benzene rings is 1. The Morgan fingerprint density at radius 1 is 1.20 bits per heavy atom. The molecule has 0 saturated carbocycles. The Balaban J connectivity index is 1.91. The van der Waals surface area contributed by atoms with Crippen molar-refractivity contribution in [1.82, 2.24) is 4.98 Å². The number of halogens is 1. The van der Waals surface area contributed by atoms with E-state index in [9.17, 15) is 0 Å². The summed E-state index contributed by atoms with van der Waals surface area (Å²) < 4.78 is 6.18. The molecule has 3 rings (SSSR count). The SMILES string of the molecule is COc1cccc2c(NCc3ccc(Cl)s3)nccc12. The van der Waals surface area contributed by atoms with Gasteiger partial charge in [-0.15, -0.1) is 11.3 Å². The molecule has 0 aliphatic carbocycles. The molecule has 0 unspecified atom stereocenters. The van der Waals surface area contributed by atoms with E-state index in [0.29, 0.717) is 6.54 Å². The molecule has 0 aliphatic heterocycles. The van der Waals surface area contributed by atoms with E-state index >= 15 is 0 Å². The Kier molecular flexibility index (Phi) is 3.76. The predicted octanol–water partition coefficient (Wildman–Crippen LogP) is 4.57. The van der Waals surface area contributed by atoms with Gasteiger partial charge >= 0.3 is 0 Å². The summed E-state index contributed by atoms with van der Waals surface area (Å²) in [7, 11) is 1.68. The van der Waals surface area contributed by atoms with E-state index in [1.807, 2.05) is 36.4 Å². The van der Waals surface area contributed by atoms with Crippen molar-refractivity contribution in [3.63, 3.8) is 0 Å². The number of fused-ring (bicyclic) bond motifs is 1. The molecule has 0 radical (unpaired) electrons. The van der Waals surface area contributed by atoms with Crippen molar-refractivity contribution >= 4 is 39.5 Å². The summed E-state index contributed by atoms with van der Waals surface area (Å²) in [5.41, 5.74) is 0. The van der Waals surface area contributed by atoms with Crippen molar-refractivity contribution in [2.24, 2.45) is 0 Å². The second-order valence-corrected chi connectivity index (χ2v) is 6.07. The number of ether oxygens (including phenoxy) is 1. The first-order valence-corrected chi connectivity index (χ1v) is 7.37. The molecule has 5 heteroatoms. The van der Waals surface area contributed by atoms with Crippen LogP contribution >= 0.6 is 22.9 Å². The standard InChI is InChI=1S/C15H13ClN2OS/c1-19-13-4-2-3-12-11(13)7-8-17-15(12)18-9-10-5-6-14(16)20-10/h2-8H,9H2,1H3,(H,17,18). The van der Waals surface area contributed by atoms with Crippen LogP contribution < -0.4 is 10.1 Å². The minimum Gasteiger partial charge on any atom is -0.496 e. The fraction of sp³-hybridized carbons (Fsp3) is 0.133. The second kappa shape index (κ2) is 5.69. The van der Waals surface area contributed by atoms with E-state index in [1.54, 1.807) is 24.6 Å². The maximum atomic E-state index is 5.94. The van der Waals surface area contributed by atoms with E-state index in [4.69, 9.17) is 16.3 Å². The van der Waals surface area contributed by atoms with E-state index in [1.165, 1.54) is 4.88 Å². The van der Waals surface area contributed by atoms with Gasteiger partial charge in [-0.2, -0.15) is 0 Å². The average Bonchev–Trinajstić information content (AvgIpc) is 2.90. The van der Waals surface area contributed by atoms with Gasteiger partial charge in [0.05, 0.1) is 18.0 Å².